The molecule has 0 radical (unpaired) electrons. The van der Waals surface area contributed by atoms with E-state index in [2.05, 4.69) is 52.0 Å². The minimum atomic E-state index is 0.273. The van der Waals surface area contributed by atoms with Gasteiger partial charge in [0, 0.05) is 18.1 Å². The molecule has 0 rings (SSSR count). The third-order valence-corrected chi connectivity index (χ3v) is 2.16. The molecule has 0 amide bonds. The fraction of sp³-hybridized carbons (Fsp3) is 1.00. The van der Waals surface area contributed by atoms with E-state index in [1.54, 1.807) is 0 Å². The summed E-state index contributed by atoms with van der Waals surface area (Å²) in [7, 11) is 4.22. The van der Waals surface area contributed by atoms with Crippen molar-refractivity contribution in [2.24, 2.45) is 0 Å². The zero-order valence-corrected chi connectivity index (χ0v) is 9.44. The van der Waals surface area contributed by atoms with Crippen LogP contribution < -0.4 is 5.32 Å². The molecule has 0 fully saturated rings. The average molecular weight is 172 g/mol. The molecule has 2 heteroatoms. The number of rotatable bonds is 5. The predicted molar refractivity (Wildman–Crippen MR) is 55.5 cm³/mol. The van der Waals surface area contributed by atoms with Crippen molar-refractivity contribution in [1.82, 2.24) is 10.2 Å². The zero-order chi connectivity index (χ0) is 9.78. The maximum atomic E-state index is 3.60. The van der Waals surface area contributed by atoms with Crippen LogP contribution in [0.1, 0.15) is 34.1 Å². The smallest absolute Gasteiger partial charge is 0.0171 e. The molecule has 0 aromatic carbocycles. The Labute approximate surface area is 77.3 Å². The van der Waals surface area contributed by atoms with E-state index < -0.39 is 0 Å². The molecular formula is C10H24N2. The summed E-state index contributed by atoms with van der Waals surface area (Å²) in [5.74, 6) is 0. The van der Waals surface area contributed by atoms with Crippen LogP contribution in [-0.2, 0) is 0 Å². The van der Waals surface area contributed by atoms with Crippen LogP contribution in [0.2, 0.25) is 0 Å². The Kier molecular flexibility index (Phi) is 4.80. The average Bonchev–Trinajstić information content (AvgIpc) is 1.84. The summed E-state index contributed by atoms with van der Waals surface area (Å²) in [5, 5.41) is 3.60. The molecule has 0 saturated heterocycles. The minimum Gasteiger partial charge on any atom is -0.308 e. The van der Waals surface area contributed by atoms with E-state index in [4.69, 9.17) is 0 Å². The largest absolute Gasteiger partial charge is 0.308 e. The fourth-order valence-corrected chi connectivity index (χ4v) is 1.36. The highest BCUT2D eigenvalue weighted by Crippen LogP contribution is 2.08. The van der Waals surface area contributed by atoms with Crippen LogP contribution in [0.25, 0.3) is 0 Å². The molecule has 0 bridgehead atoms. The van der Waals surface area contributed by atoms with Crippen LogP contribution in [0, 0.1) is 0 Å². The van der Waals surface area contributed by atoms with Gasteiger partial charge >= 0.3 is 0 Å². The zero-order valence-electron chi connectivity index (χ0n) is 9.44. The van der Waals surface area contributed by atoms with Gasteiger partial charge in [0.25, 0.3) is 0 Å². The molecular weight excluding hydrogens is 148 g/mol. The number of likely N-dealkylation sites (N-methyl/N-ethyl adjacent to an activating group) is 1. The number of nitrogens with zero attached hydrogens (tertiary/aromatic N) is 1. The topological polar surface area (TPSA) is 15.3 Å². The highest BCUT2D eigenvalue weighted by Gasteiger charge is 2.17. The van der Waals surface area contributed by atoms with Crippen LogP contribution in [0.3, 0.4) is 0 Å². The van der Waals surface area contributed by atoms with Crippen molar-refractivity contribution in [3.8, 4) is 0 Å². The standard InChI is InChI=1S/C10H24N2/c1-7-10(3,4)11-9(2)8-12(5)6/h9,11H,7-8H2,1-6H3. The van der Waals surface area contributed by atoms with Crippen molar-refractivity contribution in [1.29, 1.82) is 0 Å². The van der Waals surface area contributed by atoms with E-state index in [1.165, 1.54) is 6.42 Å². The second-order valence-corrected chi connectivity index (χ2v) is 4.55. The maximum absolute atomic E-state index is 3.60. The summed E-state index contributed by atoms with van der Waals surface area (Å²) in [6, 6.07) is 0.565. The van der Waals surface area contributed by atoms with E-state index >= 15 is 0 Å². The van der Waals surface area contributed by atoms with Crippen molar-refractivity contribution in [3.63, 3.8) is 0 Å². The molecule has 0 saturated carbocycles. The lowest BCUT2D eigenvalue weighted by Crippen LogP contribution is -2.47. The number of hydrogen-bond donors (Lipinski definition) is 1. The molecule has 2 nitrogen and oxygen atoms in total. The van der Waals surface area contributed by atoms with E-state index in [1.807, 2.05) is 0 Å². The van der Waals surface area contributed by atoms with Gasteiger partial charge in [0.15, 0.2) is 0 Å². The van der Waals surface area contributed by atoms with Crippen molar-refractivity contribution in [2.45, 2.75) is 45.7 Å². The van der Waals surface area contributed by atoms with Crippen molar-refractivity contribution >= 4 is 0 Å². The Morgan fingerprint density at radius 3 is 2.17 bits per heavy atom. The van der Waals surface area contributed by atoms with Gasteiger partial charge in [-0.25, -0.2) is 0 Å². The van der Waals surface area contributed by atoms with Gasteiger partial charge in [0.2, 0.25) is 0 Å². The first-order valence-electron chi connectivity index (χ1n) is 4.80. The number of nitrogens with one attached hydrogen (secondary N) is 1. The lowest BCUT2D eigenvalue weighted by atomic mass is 10.0. The van der Waals surface area contributed by atoms with E-state index in [9.17, 15) is 0 Å². The molecule has 0 aromatic heterocycles. The summed E-state index contributed by atoms with van der Waals surface area (Å²) in [5.41, 5.74) is 0.273. The fourth-order valence-electron chi connectivity index (χ4n) is 1.36. The van der Waals surface area contributed by atoms with Crippen LogP contribution in [0.15, 0.2) is 0 Å². The monoisotopic (exact) mass is 172 g/mol. The lowest BCUT2D eigenvalue weighted by Gasteiger charge is -2.30. The van der Waals surface area contributed by atoms with E-state index in [-0.39, 0.29) is 5.54 Å². The van der Waals surface area contributed by atoms with Gasteiger partial charge in [0.1, 0.15) is 0 Å². The van der Waals surface area contributed by atoms with Crippen molar-refractivity contribution in [2.75, 3.05) is 20.6 Å². The second-order valence-electron chi connectivity index (χ2n) is 4.55. The Bertz CT molecular complexity index is 119. The molecule has 0 aliphatic carbocycles. The Morgan fingerprint density at radius 1 is 1.33 bits per heavy atom. The molecule has 0 aliphatic heterocycles. The third-order valence-electron chi connectivity index (χ3n) is 2.16. The van der Waals surface area contributed by atoms with Crippen LogP contribution >= 0.6 is 0 Å². The summed E-state index contributed by atoms with van der Waals surface area (Å²) >= 11 is 0. The van der Waals surface area contributed by atoms with Crippen molar-refractivity contribution < 1.29 is 0 Å². The maximum Gasteiger partial charge on any atom is 0.0171 e. The Balaban J connectivity index is 3.75. The van der Waals surface area contributed by atoms with E-state index in [0.717, 1.165) is 6.54 Å². The van der Waals surface area contributed by atoms with Gasteiger partial charge in [0.05, 0.1) is 0 Å². The molecule has 1 N–H and O–H groups in total. The molecule has 1 atom stereocenters. The van der Waals surface area contributed by atoms with Gasteiger partial charge < -0.3 is 10.2 Å². The Morgan fingerprint density at radius 2 is 1.83 bits per heavy atom. The first-order valence-corrected chi connectivity index (χ1v) is 4.80. The van der Waals surface area contributed by atoms with Crippen LogP contribution in [0.4, 0.5) is 0 Å². The summed E-state index contributed by atoms with van der Waals surface area (Å²) in [6.45, 7) is 10.1. The minimum absolute atomic E-state index is 0.273. The molecule has 1 unspecified atom stereocenters. The third kappa shape index (κ3) is 5.56. The summed E-state index contributed by atoms with van der Waals surface area (Å²) < 4.78 is 0. The van der Waals surface area contributed by atoms with Gasteiger partial charge in [-0.3, -0.25) is 0 Å². The molecule has 0 heterocycles. The first kappa shape index (κ1) is 11.9. The molecule has 12 heavy (non-hydrogen) atoms. The summed E-state index contributed by atoms with van der Waals surface area (Å²) in [4.78, 5) is 2.21. The SMILES string of the molecule is CCC(C)(C)NC(C)CN(C)C. The van der Waals surface area contributed by atoms with Crippen LogP contribution in [-0.4, -0.2) is 37.1 Å². The predicted octanol–water partition coefficient (Wildman–Crippen LogP) is 1.71. The lowest BCUT2D eigenvalue weighted by molar-refractivity contribution is 0.280. The van der Waals surface area contributed by atoms with Gasteiger partial charge in [-0.2, -0.15) is 0 Å². The Hall–Kier alpha value is -0.0800. The van der Waals surface area contributed by atoms with Crippen molar-refractivity contribution in [3.05, 3.63) is 0 Å². The van der Waals surface area contributed by atoms with Gasteiger partial charge in [-0.05, 0) is 41.3 Å². The summed E-state index contributed by atoms with van der Waals surface area (Å²) in [6.07, 6.45) is 1.17. The first-order chi connectivity index (χ1) is 5.37. The normalized spacial score (nSPS) is 15.2. The molecule has 0 aromatic rings. The van der Waals surface area contributed by atoms with E-state index in [0.29, 0.717) is 6.04 Å². The number of hydrogen-bond acceptors (Lipinski definition) is 2. The van der Waals surface area contributed by atoms with Gasteiger partial charge in [-0.1, -0.05) is 6.92 Å². The highest BCUT2D eigenvalue weighted by molar-refractivity contribution is 4.79. The quantitative estimate of drug-likeness (QED) is 0.679. The van der Waals surface area contributed by atoms with Crippen LogP contribution in [0.5, 0.6) is 0 Å². The second kappa shape index (κ2) is 4.83. The highest BCUT2D eigenvalue weighted by atomic mass is 15.1. The van der Waals surface area contributed by atoms with Gasteiger partial charge in [-0.15, -0.1) is 0 Å². The molecule has 0 aliphatic rings. The molecule has 74 valence electrons. The molecule has 0 spiro atoms.